The van der Waals surface area contributed by atoms with Gasteiger partial charge < -0.3 is 10.2 Å². The van der Waals surface area contributed by atoms with E-state index in [0.29, 0.717) is 0 Å². The molecule has 1 aliphatic heterocycles. The number of fused-ring (bicyclic) bond motifs is 1. The van der Waals surface area contributed by atoms with E-state index in [4.69, 9.17) is 0 Å². The molecule has 1 aliphatic rings. The summed E-state index contributed by atoms with van der Waals surface area (Å²) in [4.78, 5) is 6.76. The summed E-state index contributed by atoms with van der Waals surface area (Å²) in [5.74, 6) is 1.49. The van der Waals surface area contributed by atoms with E-state index in [-0.39, 0.29) is 0 Å². The number of pyridine rings is 1. The maximum Gasteiger partial charge on any atom is 0.0447 e. The fourth-order valence-electron chi connectivity index (χ4n) is 3.18. The van der Waals surface area contributed by atoms with Gasteiger partial charge in [-0.15, -0.1) is 0 Å². The van der Waals surface area contributed by atoms with Crippen molar-refractivity contribution in [3.8, 4) is 0 Å². The quantitative estimate of drug-likeness (QED) is 0.912. The van der Waals surface area contributed by atoms with E-state index in [1.807, 2.05) is 12.4 Å². The van der Waals surface area contributed by atoms with E-state index in [0.717, 1.165) is 38.0 Å². The van der Waals surface area contributed by atoms with Gasteiger partial charge in [0, 0.05) is 41.9 Å². The van der Waals surface area contributed by atoms with Crippen molar-refractivity contribution >= 4 is 16.5 Å². The first-order valence-corrected chi connectivity index (χ1v) is 8.02. The molecule has 1 N–H and O–H groups in total. The van der Waals surface area contributed by atoms with Crippen molar-refractivity contribution in [1.82, 2.24) is 10.3 Å². The summed E-state index contributed by atoms with van der Waals surface area (Å²) in [6.45, 7) is 9.11. The fraction of sp³-hybridized carbons (Fsp3) is 0.500. The van der Waals surface area contributed by atoms with Crippen molar-refractivity contribution < 1.29 is 0 Å². The van der Waals surface area contributed by atoms with Crippen molar-refractivity contribution in [2.24, 2.45) is 11.8 Å². The maximum atomic E-state index is 4.22. The summed E-state index contributed by atoms with van der Waals surface area (Å²) in [6, 6.07) is 8.66. The van der Waals surface area contributed by atoms with Gasteiger partial charge in [-0.25, -0.2) is 0 Å². The average Bonchev–Trinajstić information content (AvgIpc) is 2.95. The molecule has 2 heterocycles. The Balaban J connectivity index is 1.68. The second-order valence-electron chi connectivity index (χ2n) is 6.53. The molecule has 0 amide bonds. The number of benzene rings is 1. The number of nitrogens with one attached hydrogen (secondary N) is 1. The molecule has 1 unspecified atom stereocenters. The van der Waals surface area contributed by atoms with Crippen LogP contribution < -0.4 is 10.2 Å². The van der Waals surface area contributed by atoms with Crippen LogP contribution in [0.4, 0.5) is 5.69 Å². The van der Waals surface area contributed by atoms with Gasteiger partial charge in [0.25, 0.3) is 0 Å². The van der Waals surface area contributed by atoms with Gasteiger partial charge in [-0.05, 0) is 43.5 Å². The topological polar surface area (TPSA) is 28.2 Å². The Bertz CT molecular complexity index is 589. The summed E-state index contributed by atoms with van der Waals surface area (Å²) in [5, 5.41) is 6.15. The molecule has 0 aliphatic carbocycles. The molecule has 112 valence electrons. The molecule has 1 atom stereocenters. The predicted octanol–water partition coefficient (Wildman–Crippen LogP) is 3.31. The Morgan fingerprint density at radius 3 is 3.10 bits per heavy atom. The van der Waals surface area contributed by atoms with Gasteiger partial charge in [-0.1, -0.05) is 26.0 Å². The highest BCUT2D eigenvalue weighted by Crippen LogP contribution is 2.30. The normalized spacial score (nSPS) is 18.8. The fourth-order valence-corrected chi connectivity index (χ4v) is 3.18. The van der Waals surface area contributed by atoms with Crippen molar-refractivity contribution in [3.63, 3.8) is 0 Å². The summed E-state index contributed by atoms with van der Waals surface area (Å²) in [6.07, 6.45) is 5.13. The van der Waals surface area contributed by atoms with Crippen LogP contribution in [0, 0.1) is 11.8 Å². The van der Waals surface area contributed by atoms with E-state index in [1.165, 1.54) is 22.9 Å². The van der Waals surface area contributed by atoms with E-state index >= 15 is 0 Å². The van der Waals surface area contributed by atoms with E-state index in [9.17, 15) is 0 Å². The Morgan fingerprint density at radius 2 is 2.24 bits per heavy atom. The van der Waals surface area contributed by atoms with E-state index in [2.05, 4.69) is 53.3 Å². The van der Waals surface area contributed by atoms with Crippen molar-refractivity contribution in [1.29, 1.82) is 0 Å². The molecule has 0 spiro atoms. The van der Waals surface area contributed by atoms with Gasteiger partial charge in [-0.2, -0.15) is 0 Å². The van der Waals surface area contributed by atoms with Gasteiger partial charge in [0.2, 0.25) is 0 Å². The van der Waals surface area contributed by atoms with Crippen LogP contribution in [0.25, 0.3) is 10.8 Å². The number of aromatic nitrogens is 1. The summed E-state index contributed by atoms with van der Waals surface area (Å²) >= 11 is 0. The van der Waals surface area contributed by atoms with Gasteiger partial charge in [-0.3, -0.25) is 4.98 Å². The molecule has 0 bridgehead atoms. The second kappa shape index (κ2) is 6.44. The molecule has 1 saturated heterocycles. The standard InChI is InChI=1S/C18H25N3/c1-14(2)10-20-11-15-7-9-21(13-15)18-5-3-4-16-12-19-8-6-17(16)18/h3-6,8,12,14-15,20H,7,9-11,13H2,1-2H3. The SMILES string of the molecule is CC(C)CNCC1CCN(c2cccc3cnccc23)C1. The lowest BCUT2D eigenvalue weighted by Gasteiger charge is -2.21. The zero-order valence-electron chi connectivity index (χ0n) is 13.0. The summed E-state index contributed by atoms with van der Waals surface area (Å²) < 4.78 is 0. The molecule has 3 rings (SSSR count). The lowest BCUT2D eigenvalue weighted by molar-refractivity contribution is 0.477. The highest BCUT2D eigenvalue weighted by atomic mass is 15.2. The predicted molar refractivity (Wildman–Crippen MR) is 89.8 cm³/mol. The average molecular weight is 283 g/mol. The molecule has 1 aromatic carbocycles. The van der Waals surface area contributed by atoms with Crippen LogP contribution in [0.5, 0.6) is 0 Å². The molecule has 1 fully saturated rings. The lowest BCUT2D eigenvalue weighted by Crippen LogP contribution is -2.28. The molecule has 3 heteroatoms. The summed E-state index contributed by atoms with van der Waals surface area (Å²) in [5.41, 5.74) is 1.36. The van der Waals surface area contributed by atoms with E-state index in [1.54, 1.807) is 0 Å². The van der Waals surface area contributed by atoms with Gasteiger partial charge in [0.05, 0.1) is 0 Å². The Hall–Kier alpha value is -1.61. The molecule has 2 aromatic rings. The number of nitrogens with zero attached hydrogens (tertiary/aromatic N) is 2. The maximum absolute atomic E-state index is 4.22. The monoisotopic (exact) mass is 283 g/mol. The lowest BCUT2D eigenvalue weighted by atomic mass is 10.1. The third-order valence-electron chi connectivity index (χ3n) is 4.27. The minimum atomic E-state index is 0.730. The van der Waals surface area contributed by atoms with Crippen LogP contribution in [0.1, 0.15) is 20.3 Å². The first-order chi connectivity index (χ1) is 10.2. The van der Waals surface area contributed by atoms with Crippen molar-refractivity contribution in [3.05, 3.63) is 36.7 Å². The van der Waals surface area contributed by atoms with Crippen LogP contribution in [0.2, 0.25) is 0 Å². The molecule has 21 heavy (non-hydrogen) atoms. The van der Waals surface area contributed by atoms with Gasteiger partial charge in [0.15, 0.2) is 0 Å². The van der Waals surface area contributed by atoms with Crippen molar-refractivity contribution in [2.45, 2.75) is 20.3 Å². The molecule has 1 aromatic heterocycles. The highest BCUT2D eigenvalue weighted by molar-refractivity contribution is 5.93. The van der Waals surface area contributed by atoms with Crippen LogP contribution in [0.15, 0.2) is 36.7 Å². The van der Waals surface area contributed by atoms with Gasteiger partial charge in [0.1, 0.15) is 0 Å². The van der Waals surface area contributed by atoms with Crippen LogP contribution in [-0.4, -0.2) is 31.2 Å². The third-order valence-corrected chi connectivity index (χ3v) is 4.27. The Morgan fingerprint density at radius 1 is 1.33 bits per heavy atom. The summed E-state index contributed by atoms with van der Waals surface area (Å²) in [7, 11) is 0. The molecular weight excluding hydrogens is 258 g/mol. The minimum Gasteiger partial charge on any atom is -0.371 e. The van der Waals surface area contributed by atoms with Crippen LogP contribution in [-0.2, 0) is 0 Å². The second-order valence-corrected chi connectivity index (χ2v) is 6.53. The zero-order valence-corrected chi connectivity index (χ0v) is 13.0. The first-order valence-electron chi connectivity index (χ1n) is 8.02. The highest BCUT2D eigenvalue weighted by Gasteiger charge is 2.23. The Labute approximate surface area is 127 Å². The number of hydrogen-bond acceptors (Lipinski definition) is 3. The molecule has 0 radical (unpaired) electrons. The molecule has 3 nitrogen and oxygen atoms in total. The Kier molecular flexibility index (Phi) is 4.39. The van der Waals surface area contributed by atoms with Gasteiger partial charge >= 0.3 is 0 Å². The number of anilines is 1. The third kappa shape index (κ3) is 3.35. The number of rotatable bonds is 5. The number of hydrogen-bond donors (Lipinski definition) is 1. The molecular formula is C18H25N3. The first kappa shape index (κ1) is 14.3. The van der Waals surface area contributed by atoms with E-state index < -0.39 is 0 Å². The largest absolute Gasteiger partial charge is 0.371 e. The zero-order chi connectivity index (χ0) is 14.7. The van der Waals surface area contributed by atoms with Crippen molar-refractivity contribution in [2.75, 3.05) is 31.1 Å². The van der Waals surface area contributed by atoms with Crippen LogP contribution >= 0.6 is 0 Å². The van der Waals surface area contributed by atoms with Crippen LogP contribution in [0.3, 0.4) is 0 Å². The smallest absolute Gasteiger partial charge is 0.0447 e. The molecule has 0 saturated carbocycles. The minimum absolute atomic E-state index is 0.730.